The summed E-state index contributed by atoms with van der Waals surface area (Å²) in [5.41, 5.74) is 2.66. The van der Waals surface area contributed by atoms with Gasteiger partial charge in [-0.15, -0.1) is 0 Å². The Morgan fingerprint density at radius 3 is 2.76 bits per heavy atom. The number of amides is 1. The molecule has 0 aliphatic rings. The molecule has 0 saturated heterocycles. The first-order chi connectivity index (χ1) is 10.2. The van der Waals surface area contributed by atoms with Crippen molar-refractivity contribution in [2.75, 3.05) is 5.32 Å². The van der Waals surface area contributed by atoms with Crippen LogP contribution in [-0.4, -0.2) is 10.5 Å². The summed E-state index contributed by atoms with van der Waals surface area (Å²) < 4.78 is 3.11. The Morgan fingerprint density at radius 1 is 1.19 bits per heavy atom. The minimum atomic E-state index is -0.0750. The molecule has 1 amide bonds. The van der Waals surface area contributed by atoms with Crippen molar-refractivity contribution in [1.82, 2.24) is 4.57 Å². The van der Waals surface area contributed by atoms with Crippen molar-refractivity contribution in [2.45, 2.75) is 13.5 Å². The predicted molar refractivity (Wildman–Crippen MR) is 94.7 cm³/mol. The third-order valence-electron chi connectivity index (χ3n) is 3.49. The van der Waals surface area contributed by atoms with Gasteiger partial charge in [-0.3, -0.25) is 4.79 Å². The number of hydrogen-bond donors (Lipinski definition) is 1. The molecule has 0 fully saturated rings. The van der Waals surface area contributed by atoms with E-state index in [1.54, 1.807) is 0 Å². The summed E-state index contributed by atoms with van der Waals surface area (Å²) in [5.74, 6) is -0.0750. The highest BCUT2D eigenvalue weighted by Gasteiger charge is 2.10. The Kier molecular flexibility index (Phi) is 3.96. The normalized spacial score (nSPS) is 10.8. The van der Waals surface area contributed by atoms with Crippen LogP contribution in [0.5, 0.6) is 0 Å². The number of rotatable bonds is 3. The largest absolute Gasteiger partial charge is 0.348 e. The lowest BCUT2D eigenvalue weighted by atomic mass is 10.2. The number of halogens is 1. The molecule has 1 aromatic heterocycles. The summed E-state index contributed by atoms with van der Waals surface area (Å²) in [4.78, 5) is 12.3. The zero-order chi connectivity index (χ0) is 14.8. The third-order valence-corrected chi connectivity index (χ3v) is 4.43. The molecular formula is C17H15IN2O. The molecule has 0 saturated carbocycles. The minimum absolute atomic E-state index is 0.0750. The number of benzene rings is 2. The number of carbonyl (C=O) groups excluding carboxylic acids is 1. The molecule has 0 unspecified atom stereocenters. The zero-order valence-corrected chi connectivity index (χ0v) is 13.8. The van der Waals surface area contributed by atoms with Crippen molar-refractivity contribution in [3.63, 3.8) is 0 Å². The highest BCUT2D eigenvalue weighted by Crippen LogP contribution is 2.21. The Morgan fingerprint density at radius 2 is 2.00 bits per heavy atom. The number of aryl methyl sites for hydroxylation is 1. The van der Waals surface area contributed by atoms with Crippen molar-refractivity contribution in [1.29, 1.82) is 0 Å². The van der Waals surface area contributed by atoms with Gasteiger partial charge < -0.3 is 9.88 Å². The molecule has 0 aliphatic carbocycles. The van der Waals surface area contributed by atoms with E-state index in [4.69, 9.17) is 0 Å². The molecule has 21 heavy (non-hydrogen) atoms. The van der Waals surface area contributed by atoms with E-state index < -0.39 is 0 Å². The van der Waals surface area contributed by atoms with E-state index in [-0.39, 0.29) is 5.91 Å². The van der Waals surface area contributed by atoms with Gasteiger partial charge in [0.25, 0.3) is 5.91 Å². The first kappa shape index (κ1) is 14.1. The fraction of sp³-hybridized carbons (Fsp3) is 0.118. The van der Waals surface area contributed by atoms with Crippen LogP contribution in [-0.2, 0) is 6.54 Å². The average Bonchev–Trinajstić information content (AvgIpc) is 2.90. The number of anilines is 1. The maximum absolute atomic E-state index is 12.3. The van der Waals surface area contributed by atoms with Crippen LogP contribution in [0, 0.1) is 3.57 Å². The maximum Gasteiger partial charge on any atom is 0.256 e. The smallest absolute Gasteiger partial charge is 0.256 e. The van der Waals surface area contributed by atoms with Crippen LogP contribution >= 0.6 is 22.6 Å². The standard InChI is InChI=1S/C17H15IN2O/c1-2-20-10-9-12-7-8-13(11-16(12)20)19-17(21)14-5-3-4-6-15(14)18/h3-11H,2H2,1H3,(H,19,21). The summed E-state index contributed by atoms with van der Waals surface area (Å²) >= 11 is 2.18. The van der Waals surface area contributed by atoms with E-state index in [9.17, 15) is 4.79 Å². The topological polar surface area (TPSA) is 34.0 Å². The van der Waals surface area contributed by atoms with Crippen molar-refractivity contribution < 1.29 is 4.79 Å². The second-order valence-electron chi connectivity index (χ2n) is 4.81. The second-order valence-corrected chi connectivity index (χ2v) is 5.97. The summed E-state index contributed by atoms with van der Waals surface area (Å²) in [5, 5.41) is 4.16. The number of hydrogen-bond acceptors (Lipinski definition) is 1. The first-order valence-corrected chi connectivity index (χ1v) is 7.91. The minimum Gasteiger partial charge on any atom is -0.348 e. The highest BCUT2D eigenvalue weighted by atomic mass is 127. The Hall–Kier alpha value is -1.82. The lowest BCUT2D eigenvalue weighted by molar-refractivity contribution is 0.102. The van der Waals surface area contributed by atoms with Gasteiger partial charge in [-0.2, -0.15) is 0 Å². The second kappa shape index (κ2) is 5.89. The number of fused-ring (bicyclic) bond motifs is 1. The molecule has 0 aliphatic heterocycles. The lowest BCUT2D eigenvalue weighted by Crippen LogP contribution is -2.13. The summed E-state index contributed by atoms with van der Waals surface area (Å²) in [6, 6.07) is 15.7. The molecule has 3 aromatic rings. The van der Waals surface area contributed by atoms with Crippen molar-refractivity contribution >= 4 is 45.1 Å². The molecule has 0 bridgehead atoms. The van der Waals surface area contributed by atoms with E-state index in [0.717, 1.165) is 21.3 Å². The van der Waals surface area contributed by atoms with Crippen LogP contribution in [0.2, 0.25) is 0 Å². The van der Waals surface area contributed by atoms with Gasteiger partial charge in [-0.05, 0) is 65.2 Å². The van der Waals surface area contributed by atoms with Gasteiger partial charge in [0.1, 0.15) is 0 Å². The molecular weight excluding hydrogens is 375 g/mol. The Labute approximate surface area is 137 Å². The molecule has 1 heterocycles. The first-order valence-electron chi connectivity index (χ1n) is 6.84. The van der Waals surface area contributed by atoms with Crippen LogP contribution < -0.4 is 5.32 Å². The monoisotopic (exact) mass is 390 g/mol. The molecule has 0 radical (unpaired) electrons. The summed E-state index contributed by atoms with van der Waals surface area (Å²) in [6.07, 6.45) is 2.07. The van der Waals surface area contributed by atoms with Gasteiger partial charge in [-0.1, -0.05) is 18.2 Å². The number of nitrogens with zero attached hydrogens (tertiary/aromatic N) is 1. The predicted octanol–water partition coefficient (Wildman–Crippen LogP) is 4.52. The number of aromatic nitrogens is 1. The van der Waals surface area contributed by atoms with Crippen LogP contribution in [0.1, 0.15) is 17.3 Å². The van der Waals surface area contributed by atoms with Gasteiger partial charge >= 0.3 is 0 Å². The molecule has 0 spiro atoms. The van der Waals surface area contributed by atoms with Crippen LogP contribution in [0.15, 0.2) is 54.7 Å². The van der Waals surface area contributed by atoms with Crippen LogP contribution in [0.3, 0.4) is 0 Å². The summed E-state index contributed by atoms with van der Waals surface area (Å²) in [6.45, 7) is 3.02. The van der Waals surface area contributed by atoms with E-state index in [1.807, 2.05) is 42.5 Å². The SMILES string of the molecule is CCn1ccc2ccc(NC(=O)c3ccccc3I)cc21. The Balaban J connectivity index is 1.91. The fourth-order valence-electron chi connectivity index (χ4n) is 2.38. The number of carbonyl (C=O) groups is 1. The van der Waals surface area contributed by atoms with Gasteiger partial charge in [0.2, 0.25) is 0 Å². The average molecular weight is 390 g/mol. The molecule has 3 rings (SSSR count). The van der Waals surface area contributed by atoms with Gasteiger partial charge in [0.05, 0.1) is 11.1 Å². The van der Waals surface area contributed by atoms with E-state index in [0.29, 0.717) is 5.56 Å². The lowest BCUT2D eigenvalue weighted by Gasteiger charge is -2.08. The molecule has 4 heteroatoms. The van der Waals surface area contributed by atoms with Crippen LogP contribution in [0.4, 0.5) is 5.69 Å². The molecule has 0 atom stereocenters. The third kappa shape index (κ3) is 2.81. The van der Waals surface area contributed by atoms with Crippen LogP contribution in [0.25, 0.3) is 10.9 Å². The molecule has 1 N–H and O–H groups in total. The number of nitrogens with one attached hydrogen (secondary N) is 1. The highest BCUT2D eigenvalue weighted by molar-refractivity contribution is 14.1. The Bertz CT molecular complexity index is 807. The quantitative estimate of drug-likeness (QED) is 0.656. The zero-order valence-electron chi connectivity index (χ0n) is 11.6. The van der Waals surface area contributed by atoms with Crippen molar-refractivity contribution in [3.05, 3.63) is 63.9 Å². The van der Waals surface area contributed by atoms with Gasteiger partial charge in [-0.25, -0.2) is 0 Å². The fourth-order valence-corrected chi connectivity index (χ4v) is 3.01. The summed E-state index contributed by atoms with van der Waals surface area (Å²) in [7, 11) is 0. The molecule has 3 nitrogen and oxygen atoms in total. The van der Waals surface area contributed by atoms with E-state index in [1.165, 1.54) is 5.39 Å². The molecule has 2 aromatic carbocycles. The van der Waals surface area contributed by atoms with Gasteiger partial charge in [0.15, 0.2) is 0 Å². The van der Waals surface area contributed by atoms with Gasteiger partial charge in [0, 0.05) is 22.0 Å². The maximum atomic E-state index is 12.3. The van der Waals surface area contributed by atoms with Crippen molar-refractivity contribution in [3.8, 4) is 0 Å². The van der Waals surface area contributed by atoms with E-state index >= 15 is 0 Å². The molecule has 106 valence electrons. The van der Waals surface area contributed by atoms with Crippen molar-refractivity contribution in [2.24, 2.45) is 0 Å². The van der Waals surface area contributed by atoms with E-state index in [2.05, 4.69) is 51.7 Å².